The zero-order chi connectivity index (χ0) is 21.8. The standard InChI is InChI=1S/C21H23Cl2N7O/c1-28-4-6-29(7-5-28)8-9-31-14-17-11-20(26-16-2-3-18(22)19(23)10-16)30-21(27-17)15(12-24)13-25-30/h2-3,10-11,13,26H,4-9,14H2,1H3. The van der Waals surface area contributed by atoms with E-state index >= 15 is 0 Å². The minimum Gasteiger partial charge on any atom is -0.374 e. The predicted molar refractivity (Wildman–Crippen MR) is 121 cm³/mol. The highest BCUT2D eigenvalue weighted by atomic mass is 35.5. The summed E-state index contributed by atoms with van der Waals surface area (Å²) in [5, 5.41) is 17.9. The molecule has 0 atom stereocenters. The van der Waals surface area contributed by atoms with Gasteiger partial charge in [-0.2, -0.15) is 14.9 Å². The summed E-state index contributed by atoms with van der Waals surface area (Å²) in [4.78, 5) is 9.31. The SMILES string of the molecule is CN1CCN(CCOCc2cc(Nc3ccc(Cl)c(Cl)c3)n3ncc(C#N)c3n2)CC1. The van der Waals surface area contributed by atoms with Crippen molar-refractivity contribution in [1.82, 2.24) is 24.4 Å². The molecule has 2 aromatic heterocycles. The van der Waals surface area contributed by atoms with Gasteiger partial charge in [0.15, 0.2) is 5.65 Å². The zero-order valence-corrected chi connectivity index (χ0v) is 18.7. The van der Waals surface area contributed by atoms with Crippen LogP contribution in [-0.2, 0) is 11.3 Å². The third-order valence-corrected chi connectivity index (χ3v) is 5.97. The highest BCUT2D eigenvalue weighted by molar-refractivity contribution is 6.42. The minimum absolute atomic E-state index is 0.344. The molecule has 10 heteroatoms. The number of benzene rings is 1. The maximum atomic E-state index is 9.40. The lowest BCUT2D eigenvalue weighted by Gasteiger charge is -2.32. The molecule has 1 fully saturated rings. The number of fused-ring (bicyclic) bond motifs is 1. The number of likely N-dealkylation sites (N-methyl/N-ethyl adjacent to an activating group) is 1. The molecule has 31 heavy (non-hydrogen) atoms. The molecular weight excluding hydrogens is 437 g/mol. The summed E-state index contributed by atoms with van der Waals surface area (Å²) in [6, 6.07) is 9.27. The van der Waals surface area contributed by atoms with Gasteiger partial charge in [0.05, 0.1) is 35.1 Å². The van der Waals surface area contributed by atoms with Gasteiger partial charge in [-0.05, 0) is 25.2 Å². The van der Waals surface area contributed by atoms with Gasteiger partial charge in [-0.3, -0.25) is 4.90 Å². The van der Waals surface area contributed by atoms with E-state index in [1.807, 2.05) is 12.1 Å². The Hall–Kier alpha value is -2.41. The Labute approximate surface area is 190 Å². The molecule has 1 N–H and O–H groups in total. The van der Waals surface area contributed by atoms with Gasteiger partial charge in [0.1, 0.15) is 17.5 Å². The van der Waals surface area contributed by atoms with E-state index in [0.717, 1.165) is 38.4 Å². The van der Waals surface area contributed by atoms with Crippen LogP contribution in [0, 0.1) is 11.3 Å². The van der Waals surface area contributed by atoms with Crippen molar-refractivity contribution in [3.8, 4) is 6.07 Å². The molecule has 162 valence electrons. The maximum Gasteiger partial charge on any atom is 0.175 e. The van der Waals surface area contributed by atoms with E-state index < -0.39 is 0 Å². The molecule has 0 aliphatic carbocycles. The van der Waals surface area contributed by atoms with Gasteiger partial charge in [0.25, 0.3) is 0 Å². The average Bonchev–Trinajstić information content (AvgIpc) is 3.18. The van der Waals surface area contributed by atoms with E-state index in [0.29, 0.717) is 46.0 Å². The number of rotatable bonds is 7. The van der Waals surface area contributed by atoms with Crippen LogP contribution >= 0.6 is 23.2 Å². The first-order valence-corrected chi connectivity index (χ1v) is 10.8. The van der Waals surface area contributed by atoms with Gasteiger partial charge >= 0.3 is 0 Å². The summed E-state index contributed by atoms with van der Waals surface area (Å²) in [7, 11) is 2.14. The summed E-state index contributed by atoms with van der Waals surface area (Å²) in [6.45, 7) is 6.14. The summed E-state index contributed by atoms with van der Waals surface area (Å²) in [5.41, 5.74) is 2.34. The van der Waals surface area contributed by atoms with Crippen LogP contribution in [0.3, 0.4) is 0 Å². The van der Waals surface area contributed by atoms with Crippen molar-refractivity contribution in [1.29, 1.82) is 5.26 Å². The number of nitrogens with zero attached hydrogens (tertiary/aromatic N) is 6. The van der Waals surface area contributed by atoms with Crippen LogP contribution in [0.25, 0.3) is 5.65 Å². The highest BCUT2D eigenvalue weighted by Gasteiger charge is 2.14. The molecule has 8 nitrogen and oxygen atoms in total. The van der Waals surface area contributed by atoms with Crippen LogP contribution in [0.5, 0.6) is 0 Å². The van der Waals surface area contributed by atoms with Gasteiger partial charge in [-0.1, -0.05) is 23.2 Å². The first-order chi connectivity index (χ1) is 15.0. The molecule has 3 heterocycles. The number of halogens is 2. The van der Waals surface area contributed by atoms with E-state index in [1.54, 1.807) is 16.6 Å². The van der Waals surface area contributed by atoms with Crippen LogP contribution in [0.1, 0.15) is 11.3 Å². The Morgan fingerprint density at radius 2 is 1.97 bits per heavy atom. The molecule has 0 amide bonds. The van der Waals surface area contributed by atoms with Crippen LogP contribution in [0.15, 0.2) is 30.5 Å². The Morgan fingerprint density at radius 3 is 2.71 bits per heavy atom. The number of nitrogens with one attached hydrogen (secondary N) is 1. The first kappa shape index (κ1) is 21.8. The molecule has 0 bridgehead atoms. The van der Waals surface area contributed by atoms with E-state index in [9.17, 15) is 5.26 Å². The highest BCUT2D eigenvalue weighted by Crippen LogP contribution is 2.27. The Kier molecular flexibility index (Phi) is 6.90. The first-order valence-electron chi connectivity index (χ1n) is 10.0. The molecule has 1 aliphatic heterocycles. The van der Waals surface area contributed by atoms with Gasteiger partial charge in [0, 0.05) is 44.5 Å². The number of ether oxygens (including phenoxy) is 1. The second-order valence-corrected chi connectivity index (χ2v) is 8.30. The van der Waals surface area contributed by atoms with Crippen LogP contribution in [0.4, 0.5) is 11.5 Å². The number of hydrogen-bond donors (Lipinski definition) is 1. The molecule has 1 aromatic carbocycles. The molecule has 4 rings (SSSR count). The summed E-state index contributed by atoms with van der Waals surface area (Å²) in [6.07, 6.45) is 1.50. The fraction of sp³-hybridized carbons (Fsp3) is 0.381. The normalized spacial score (nSPS) is 15.3. The van der Waals surface area contributed by atoms with Crippen molar-refractivity contribution < 1.29 is 4.74 Å². The molecule has 1 aliphatic rings. The summed E-state index contributed by atoms with van der Waals surface area (Å²) >= 11 is 12.2. The van der Waals surface area contributed by atoms with E-state index in [-0.39, 0.29) is 0 Å². The van der Waals surface area contributed by atoms with Crippen molar-refractivity contribution >= 4 is 40.4 Å². The Bertz CT molecular complexity index is 1100. The quantitative estimate of drug-likeness (QED) is 0.541. The molecule has 0 saturated carbocycles. The van der Waals surface area contributed by atoms with Crippen molar-refractivity contribution in [2.45, 2.75) is 6.61 Å². The van der Waals surface area contributed by atoms with Crippen LogP contribution in [0.2, 0.25) is 10.0 Å². The number of anilines is 2. The lowest BCUT2D eigenvalue weighted by Crippen LogP contribution is -2.45. The monoisotopic (exact) mass is 459 g/mol. The average molecular weight is 460 g/mol. The lowest BCUT2D eigenvalue weighted by atomic mass is 10.3. The third kappa shape index (κ3) is 5.26. The fourth-order valence-electron chi connectivity index (χ4n) is 3.42. The lowest BCUT2D eigenvalue weighted by molar-refractivity contribution is 0.0725. The maximum absolute atomic E-state index is 9.40. The molecular formula is C21H23Cl2N7O. The topological polar surface area (TPSA) is 81.7 Å². The van der Waals surface area contributed by atoms with Crippen molar-refractivity contribution in [3.05, 3.63) is 51.8 Å². The number of nitriles is 1. The molecule has 3 aromatic rings. The second kappa shape index (κ2) is 9.81. The smallest absolute Gasteiger partial charge is 0.175 e. The number of piperazine rings is 1. The number of hydrogen-bond acceptors (Lipinski definition) is 7. The minimum atomic E-state index is 0.344. The van der Waals surface area contributed by atoms with Crippen molar-refractivity contribution in [3.63, 3.8) is 0 Å². The van der Waals surface area contributed by atoms with Crippen molar-refractivity contribution in [2.75, 3.05) is 51.7 Å². The van der Waals surface area contributed by atoms with Crippen LogP contribution in [-0.4, -0.2) is 70.8 Å². The molecule has 0 spiro atoms. The zero-order valence-electron chi connectivity index (χ0n) is 17.2. The van der Waals surface area contributed by atoms with Gasteiger partial charge < -0.3 is 15.0 Å². The summed E-state index contributed by atoms with van der Waals surface area (Å²) < 4.78 is 7.48. The third-order valence-electron chi connectivity index (χ3n) is 5.24. The van der Waals surface area contributed by atoms with E-state index in [4.69, 9.17) is 27.9 Å². The Morgan fingerprint density at radius 1 is 1.16 bits per heavy atom. The molecule has 0 unspecified atom stereocenters. The van der Waals surface area contributed by atoms with Crippen molar-refractivity contribution in [2.24, 2.45) is 0 Å². The van der Waals surface area contributed by atoms with Crippen LogP contribution < -0.4 is 5.32 Å². The molecule has 0 radical (unpaired) electrons. The van der Waals surface area contributed by atoms with Gasteiger partial charge in [-0.15, -0.1) is 0 Å². The Balaban J connectivity index is 1.48. The number of aromatic nitrogens is 3. The molecule has 1 saturated heterocycles. The largest absolute Gasteiger partial charge is 0.374 e. The second-order valence-electron chi connectivity index (χ2n) is 7.49. The van der Waals surface area contributed by atoms with Gasteiger partial charge in [-0.25, -0.2) is 4.98 Å². The predicted octanol–water partition coefficient (Wildman–Crippen LogP) is 3.42. The fourth-order valence-corrected chi connectivity index (χ4v) is 3.72. The van der Waals surface area contributed by atoms with Gasteiger partial charge in [0.2, 0.25) is 0 Å². The van der Waals surface area contributed by atoms with E-state index in [2.05, 4.69) is 38.3 Å². The van der Waals surface area contributed by atoms with E-state index in [1.165, 1.54) is 6.20 Å². The summed E-state index contributed by atoms with van der Waals surface area (Å²) in [5.74, 6) is 0.655.